The van der Waals surface area contributed by atoms with E-state index in [0.29, 0.717) is 5.92 Å². The summed E-state index contributed by atoms with van der Waals surface area (Å²) in [6.07, 6.45) is 1.02. The van der Waals surface area contributed by atoms with Gasteiger partial charge in [-0.05, 0) is 36.6 Å². The van der Waals surface area contributed by atoms with Crippen molar-refractivity contribution in [2.45, 2.75) is 27.2 Å². The van der Waals surface area contributed by atoms with Gasteiger partial charge in [0, 0.05) is 26.2 Å². The second-order valence-corrected chi connectivity index (χ2v) is 5.81. The number of hydrogen-bond acceptors (Lipinski definition) is 2. The molecule has 106 valence electrons. The van der Waals surface area contributed by atoms with Crippen LogP contribution < -0.4 is 4.90 Å². The maximum Gasteiger partial charge on any atom is 0.146 e. The molecule has 0 radical (unpaired) electrons. The lowest BCUT2D eigenvalue weighted by molar-refractivity contribution is 0.270. The van der Waals surface area contributed by atoms with Crippen LogP contribution in [0.2, 0.25) is 0 Å². The highest BCUT2D eigenvalue weighted by Gasteiger charge is 2.18. The first kappa shape index (κ1) is 14.3. The van der Waals surface area contributed by atoms with Crippen LogP contribution in [0, 0.1) is 11.7 Å². The van der Waals surface area contributed by atoms with E-state index in [9.17, 15) is 4.39 Å². The Morgan fingerprint density at radius 2 is 1.84 bits per heavy atom. The Morgan fingerprint density at radius 3 is 2.42 bits per heavy atom. The smallest absolute Gasteiger partial charge is 0.146 e. The zero-order valence-corrected chi connectivity index (χ0v) is 12.3. The number of rotatable bonds is 4. The Morgan fingerprint density at radius 1 is 1.16 bits per heavy atom. The largest absolute Gasteiger partial charge is 0.367 e. The fraction of sp³-hybridized carbons (Fsp3) is 0.625. The van der Waals surface area contributed by atoms with Crippen LogP contribution in [0.5, 0.6) is 0 Å². The summed E-state index contributed by atoms with van der Waals surface area (Å²) in [6.45, 7) is 11.6. The molecule has 1 fully saturated rings. The van der Waals surface area contributed by atoms with Gasteiger partial charge in [-0.1, -0.05) is 26.8 Å². The average Bonchev–Trinajstić information content (AvgIpc) is 2.40. The molecule has 1 aromatic rings. The maximum absolute atomic E-state index is 14.0. The number of benzene rings is 1. The normalized spacial score (nSPS) is 17.2. The van der Waals surface area contributed by atoms with Crippen molar-refractivity contribution in [3.63, 3.8) is 0 Å². The monoisotopic (exact) mass is 264 g/mol. The highest BCUT2D eigenvalue weighted by molar-refractivity contribution is 5.50. The molecule has 0 N–H and O–H groups in total. The van der Waals surface area contributed by atoms with Crippen molar-refractivity contribution >= 4 is 5.69 Å². The minimum Gasteiger partial charge on any atom is -0.367 e. The topological polar surface area (TPSA) is 6.48 Å². The van der Waals surface area contributed by atoms with Gasteiger partial charge >= 0.3 is 0 Å². The third kappa shape index (κ3) is 3.69. The molecule has 0 spiro atoms. The third-order valence-corrected chi connectivity index (χ3v) is 3.81. The van der Waals surface area contributed by atoms with Crippen LogP contribution in [0.1, 0.15) is 26.3 Å². The summed E-state index contributed by atoms with van der Waals surface area (Å²) >= 11 is 0. The van der Waals surface area contributed by atoms with Gasteiger partial charge in [0.25, 0.3) is 0 Å². The second-order valence-electron chi connectivity index (χ2n) is 5.81. The Bertz CT molecular complexity index is 409. The summed E-state index contributed by atoms with van der Waals surface area (Å²) in [6, 6.07) is 5.58. The molecule has 2 rings (SSSR count). The van der Waals surface area contributed by atoms with E-state index in [1.807, 2.05) is 12.1 Å². The summed E-state index contributed by atoms with van der Waals surface area (Å²) in [5.41, 5.74) is 2.03. The van der Waals surface area contributed by atoms with E-state index in [-0.39, 0.29) is 5.82 Å². The van der Waals surface area contributed by atoms with Crippen molar-refractivity contribution in [3.05, 3.63) is 29.6 Å². The van der Waals surface area contributed by atoms with E-state index in [4.69, 9.17) is 0 Å². The molecule has 0 aromatic heterocycles. The summed E-state index contributed by atoms with van der Waals surface area (Å²) in [5.74, 6) is 0.521. The number of likely N-dealkylation sites (N-methyl/N-ethyl adjacent to an activating group) is 1. The maximum atomic E-state index is 14.0. The molecule has 0 atom stereocenters. The number of halogens is 1. The van der Waals surface area contributed by atoms with E-state index in [1.165, 1.54) is 5.56 Å². The summed E-state index contributed by atoms with van der Waals surface area (Å²) in [4.78, 5) is 4.59. The summed E-state index contributed by atoms with van der Waals surface area (Å²) in [7, 11) is 0. The second kappa shape index (κ2) is 6.38. The van der Waals surface area contributed by atoms with E-state index in [2.05, 4.69) is 30.6 Å². The molecule has 0 bridgehead atoms. The highest BCUT2D eigenvalue weighted by Crippen LogP contribution is 2.23. The van der Waals surface area contributed by atoms with E-state index >= 15 is 0 Å². The van der Waals surface area contributed by atoms with E-state index in [0.717, 1.165) is 44.8 Å². The molecule has 19 heavy (non-hydrogen) atoms. The van der Waals surface area contributed by atoms with Crippen LogP contribution in [0.3, 0.4) is 0 Å². The highest BCUT2D eigenvalue weighted by atomic mass is 19.1. The molecule has 1 aromatic carbocycles. The van der Waals surface area contributed by atoms with Crippen LogP contribution in [0.15, 0.2) is 18.2 Å². The fourth-order valence-corrected chi connectivity index (χ4v) is 2.70. The van der Waals surface area contributed by atoms with Gasteiger partial charge in [-0.2, -0.15) is 0 Å². The van der Waals surface area contributed by atoms with Crippen LogP contribution in [0.25, 0.3) is 0 Å². The average molecular weight is 264 g/mol. The first-order valence-electron chi connectivity index (χ1n) is 7.36. The molecule has 0 saturated carbocycles. The van der Waals surface area contributed by atoms with Gasteiger partial charge in [0.2, 0.25) is 0 Å². The summed E-state index contributed by atoms with van der Waals surface area (Å²) < 4.78 is 14.0. The van der Waals surface area contributed by atoms with Gasteiger partial charge < -0.3 is 9.80 Å². The Labute approximate surface area is 116 Å². The van der Waals surface area contributed by atoms with Crippen molar-refractivity contribution < 1.29 is 4.39 Å². The standard InChI is InChI=1S/C16H25FN2/c1-4-18-7-9-19(10-8-18)16-12-14(11-13(2)3)5-6-15(16)17/h5-6,12-13H,4,7-11H2,1-3H3. The van der Waals surface area contributed by atoms with Crippen LogP contribution in [-0.4, -0.2) is 37.6 Å². The first-order chi connectivity index (χ1) is 9.10. The van der Waals surface area contributed by atoms with Crippen LogP contribution >= 0.6 is 0 Å². The molecule has 2 nitrogen and oxygen atoms in total. The molecular formula is C16H25FN2. The number of anilines is 1. The Kier molecular flexibility index (Phi) is 4.81. The third-order valence-electron chi connectivity index (χ3n) is 3.81. The minimum atomic E-state index is -0.0857. The number of nitrogens with zero attached hydrogens (tertiary/aromatic N) is 2. The predicted molar refractivity (Wildman–Crippen MR) is 79.3 cm³/mol. The molecular weight excluding hydrogens is 239 g/mol. The van der Waals surface area contributed by atoms with Crippen molar-refractivity contribution in [2.75, 3.05) is 37.6 Å². The first-order valence-corrected chi connectivity index (χ1v) is 7.36. The van der Waals surface area contributed by atoms with Gasteiger partial charge in [0.15, 0.2) is 0 Å². The molecule has 1 heterocycles. The van der Waals surface area contributed by atoms with Gasteiger partial charge in [-0.25, -0.2) is 4.39 Å². The lowest BCUT2D eigenvalue weighted by Crippen LogP contribution is -2.46. The summed E-state index contributed by atoms with van der Waals surface area (Å²) in [5, 5.41) is 0. The molecule has 0 amide bonds. The fourth-order valence-electron chi connectivity index (χ4n) is 2.70. The molecule has 1 aliphatic rings. The lowest BCUT2D eigenvalue weighted by atomic mass is 10.0. The minimum absolute atomic E-state index is 0.0857. The van der Waals surface area contributed by atoms with E-state index in [1.54, 1.807) is 6.07 Å². The van der Waals surface area contributed by atoms with E-state index < -0.39 is 0 Å². The zero-order chi connectivity index (χ0) is 13.8. The zero-order valence-electron chi connectivity index (χ0n) is 12.3. The van der Waals surface area contributed by atoms with Crippen molar-refractivity contribution in [2.24, 2.45) is 5.92 Å². The van der Waals surface area contributed by atoms with Crippen molar-refractivity contribution in [3.8, 4) is 0 Å². The van der Waals surface area contributed by atoms with Crippen molar-refractivity contribution in [1.29, 1.82) is 0 Å². The van der Waals surface area contributed by atoms with Gasteiger partial charge in [-0.3, -0.25) is 0 Å². The van der Waals surface area contributed by atoms with Crippen LogP contribution in [-0.2, 0) is 6.42 Å². The molecule has 1 aliphatic heterocycles. The molecule has 3 heteroatoms. The van der Waals surface area contributed by atoms with Gasteiger partial charge in [-0.15, -0.1) is 0 Å². The molecule has 1 saturated heterocycles. The number of piperazine rings is 1. The lowest BCUT2D eigenvalue weighted by Gasteiger charge is -2.35. The Hall–Kier alpha value is -1.09. The Balaban J connectivity index is 2.10. The molecule has 0 unspecified atom stereocenters. The van der Waals surface area contributed by atoms with Crippen molar-refractivity contribution in [1.82, 2.24) is 4.90 Å². The van der Waals surface area contributed by atoms with Gasteiger partial charge in [0.05, 0.1) is 5.69 Å². The van der Waals surface area contributed by atoms with Gasteiger partial charge in [0.1, 0.15) is 5.82 Å². The quantitative estimate of drug-likeness (QED) is 0.824. The SMILES string of the molecule is CCN1CCN(c2cc(CC(C)C)ccc2F)CC1. The van der Waals surface area contributed by atoms with Crippen LogP contribution in [0.4, 0.5) is 10.1 Å². The predicted octanol–water partition coefficient (Wildman–Crippen LogP) is 3.17. The molecule has 0 aliphatic carbocycles. The number of hydrogen-bond donors (Lipinski definition) is 0.